The van der Waals surface area contributed by atoms with Crippen molar-refractivity contribution in [3.8, 4) is 5.75 Å². The van der Waals surface area contributed by atoms with Gasteiger partial charge in [0.25, 0.3) is 0 Å². The zero-order valence-electron chi connectivity index (χ0n) is 15.9. The van der Waals surface area contributed by atoms with Crippen molar-refractivity contribution in [2.75, 3.05) is 26.2 Å². The number of rotatable bonds is 7. The molecule has 0 radical (unpaired) electrons. The molecule has 0 unspecified atom stereocenters. The third-order valence-corrected chi connectivity index (χ3v) is 4.63. The van der Waals surface area contributed by atoms with Crippen molar-refractivity contribution in [1.82, 2.24) is 10.2 Å². The lowest BCUT2D eigenvalue weighted by Crippen LogP contribution is -2.45. The van der Waals surface area contributed by atoms with Crippen molar-refractivity contribution >= 4 is 24.8 Å². The summed E-state index contributed by atoms with van der Waals surface area (Å²) >= 11 is 0. The van der Waals surface area contributed by atoms with Gasteiger partial charge in [-0.15, -0.1) is 31.4 Å². The molecule has 5 heteroatoms. The summed E-state index contributed by atoms with van der Waals surface area (Å²) < 4.78 is 6.02. The highest BCUT2D eigenvalue weighted by Crippen LogP contribution is 2.30. The second-order valence-corrected chi connectivity index (χ2v) is 6.81. The standard InChI is InChI=1S/C22H28N2O.2ClH/c1-18(2)15-22(24-13-11-23-12-14-24)20-9-6-10-21(16-20)25-17-19-7-4-3-5-8-19;;/h3-10,16,22-23H,1,11-15,17H2,2H3;2*1H/t22-;;/m0../s1. The van der Waals surface area contributed by atoms with Crippen molar-refractivity contribution in [1.29, 1.82) is 0 Å². The van der Waals surface area contributed by atoms with Gasteiger partial charge in [0, 0.05) is 32.2 Å². The molecule has 1 aliphatic rings. The fourth-order valence-corrected chi connectivity index (χ4v) is 3.33. The maximum absolute atomic E-state index is 6.02. The minimum atomic E-state index is 0. The molecule has 0 amide bonds. The molecule has 0 spiro atoms. The van der Waals surface area contributed by atoms with Crippen molar-refractivity contribution in [3.63, 3.8) is 0 Å². The molecule has 3 nitrogen and oxygen atoms in total. The van der Waals surface area contributed by atoms with Gasteiger partial charge in [0.05, 0.1) is 0 Å². The van der Waals surface area contributed by atoms with E-state index in [2.05, 4.69) is 54.1 Å². The van der Waals surface area contributed by atoms with Gasteiger partial charge >= 0.3 is 0 Å². The van der Waals surface area contributed by atoms with E-state index in [9.17, 15) is 0 Å². The molecule has 27 heavy (non-hydrogen) atoms. The van der Waals surface area contributed by atoms with Gasteiger partial charge in [-0.2, -0.15) is 0 Å². The van der Waals surface area contributed by atoms with Crippen LogP contribution in [0, 0.1) is 0 Å². The molecule has 1 N–H and O–H groups in total. The summed E-state index contributed by atoms with van der Waals surface area (Å²) in [5.74, 6) is 0.934. The Kier molecular flexibility index (Phi) is 10.5. The largest absolute Gasteiger partial charge is 0.489 e. The molecule has 148 valence electrons. The Morgan fingerprint density at radius 2 is 1.78 bits per heavy atom. The van der Waals surface area contributed by atoms with Crippen LogP contribution in [-0.4, -0.2) is 31.1 Å². The Labute approximate surface area is 175 Å². The highest BCUT2D eigenvalue weighted by Gasteiger charge is 2.22. The Balaban J connectivity index is 0.00000182. The van der Waals surface area contributed by atoms with Gasteiger partial charge in [-0.05, 0) is 36.6 Å². The fraction of sp³-hybridized carbons (Fsp3) is 0.364. The summed E-state index contributed by atoms with van der Waals surface area (Å²) in [5.41, 5.74) is 3.73. The molecule has 2 aromatic carbocycles. The summed E-state index contributed by atoms with van der Waals surface area (Å²) in [6, 6.07) is 19.2. The Morgan fingerprint density at radius 3 is 2.44 bits per heavy atom. The first kappa shape index (κ1) is 23.5. The third-order valence-electron chi connectivity index (χ3n) is 4.63. The van der Waals surface area contributed by atoms with Gasteiger partial charge in [0.1, 0.15) is 12.4 Å². The molecular weight excluding hydrogens is 379 g/mol. The highest BCUT2D eigenvalue weighted by atomic mass is 35.5. The van der Waals surface area contributed by atoms with Gasteiger partial charge in [-0.3, -0.25) is 4.90 Å². The summed E-state index contributed by atoms with van der Waals surface area (Å²) in [4.78, 5) is 2.56. The zero-order chi connectivity index (χ0) is 17.5. The summed E-state index contributed by atoms with van der Waals surface area (Å²) in [6.07, 6.45) is 0.988. The predicted molar refractivity (Wildman–Crippen MR) is 118 cm³/mol. The van der Waals surface area contributed by atoms with E-state index in [4.69, 9.17) is 4.74 Å². The van der Waals surface area contributed by atoms with Crippen LogP contribution in [0.4, 0.5) is 0 Å². The molecule has 0 aliphatic carbocycles. The Hall–Kier alpha value is -1.52. The zero-order valence-corrected chi connectivity index (χ0v) is 17.5. The lowest BCUT2D eigenvalue weighted by atomic mass is 9.97. The van der Waals surface area contributed by atoms with Crippen LogP contribution in [0.5, 0.6) is 5.75 Å². The maximum atomic E-state index is 6.02. The van der Waals surface area contributed by atoms with E-state index in [1.54, 1.807) is 0 Å². The molecule has 1 saturated heterocycles. The van der Waals surface area contributed by atoms with Crippen LogP contribution >= 0.6 is 24.8 Å². The molecule has 1 atom stereocenters. The van der Waals surface area contributed by atoms with E-state index in [1.807, 2.05) is 24.3 Å². The number of piperazine rings is 1. The normalized spacial score (nSPS) is 15.1. The molecule has 3 rings (SSSR count). The molecule has 1 fully saturated rings. The first-order valence-corrected chi connectivity index (χ1v) is 9.08. The molecular formula is C22H30Cl2N2O. The first-order valence-electron chi connectivity index (χ1n) is 9.08. The lowest BCUT2D eigenvalue weighted by molar-refractivity contribution is 0.172. The number of hydrogen-bond acceptors (Lipinski definition) is 3. The minimum Gasteiger partial charge on any atom is -0.489 e. The van der Waals surface area contributed by atoms with E-state index in [1.165, 1.54) is 16.7 Å². The monoisotopic (exact) mass is 408 g/mol. The number of ether oxygens (including phenoxy) is 1. The first-order chi connectivity index (χ1) is 12.2. The maximum Gasteiger partial charge on any atom is 0.120 e. The van der Waals surface area contributed by atoms with Gasteiger partial charge in [0.2, 0.25) is 0 Å². The average Bonchev–Trinajstić information content (AvgIpc) is 2.66. The lowest BCUT2D eigenvalue weighted by Gasteiger charge is -2.35. The van der Waals surface area contributed by atoms with Crippen LogP contribution < -0.4 is 10.1 Å². The van der Waals surface area contributed by atoms with Crippen LogP contribution in [-0.2, 0) is 6.61 Å². The van der Waals surface area contributed by atoms with E-state index < -0.39 is 0 Å². The van der Waals surface area contributed by atoms with E-state index in [0.717, 1.165) is 38.3 Å². The van der Waals surface area contributed by atoms with Crippen molar-refractivity contribution < 1.29 is 4.74 Å². The van der Waals surface area contributed by atoms with Crippen LogP contribution in [0.1, 0.15) is 30.5 Å². The molecule has 1 heterocycles. The van der Waals surface area contributed by atoms with Crippen molar-refractivity contribution in [2.24, 2.45) is 0 Å². The van der Waals surface area contributed by atoms with Crippen LogP contribution in [0.2, 0.25) is 0 Å². The number of nitrogens with zero attached hydrogens (tertiary/aromatic N) is 1. The second-order valence-electron chi connectivity index (χ2n) is 6.81. The van der Waals surface area contributed by atoms with E-state index >= 15 is 0 Å². The number of benzene rings is 2. The van der Waals surface area contributed by atoms with E-state index in [-0.39, 0.29) is 24.8 Å². The summed E-state index contributed by atoms with van der Waals surface area (Å²) in [6.45, 7) is 11.1. The number of hydrogen-bond donors (Lipinski definition) is 1. The third kappa shape index (κ3) is 7.19. The highest BCUT2D eigenvalue weighted by molar-refractivity contribution is 5.85. The molecule has 2 aromatic rings. The van der Waals surface area contributed by atoms with Crippen LogP contribution in [0.25, 0.3) is 0 Å². The van der Waals surface area contributed by atoms with Crippen LogP contribution in [0.15, 0.2) is 66.7 Å². The Bertz CT molecular complexity index is 688. The summed E-state index contributed by atoms with van der Waals surface area (Å²) in [5, 5.41) is 3.44. The topological polar surface area (TPSA) is 24.5 Å². The minimum absolute atomic E-state index is 0. The van der Waals surface area contributed by atoms with Crippen molar-refractivity contribution in [3.05, 3.63) is 77.9 Å². The van der Waals surface area contributed by atoms with Crippen molar-refractivity contribution in [2.45, 2.75) is 26.0 Å². The van der Waals surface area contributed by atoms with Gasteiger partial charge in [-0.1, -0.05) is 48.0 Å². The smallest absolute Gasteiger partial charge is 0.120 e. The SMILES string of the molecule is C=C(C)C[C@@H](c1cccc(OCc2ccccc2)c1)N1CCNCC1.Cl.Cl. The average molecular weight is 409 g/mol. The fourth-order valence-electron chi connectivity index (χ4n) is 3.33. The molecule has 1 aliphatic heterocycles. The van der Waals surface area contributed by atoms with Gasteiger partial charge < -0.3 is 10.1 Å². The second kappa shape index (κ2) is 12.0. The molecule has 0 saturated carbocycles. The Morgan fingerprint density at radius 1 is 1.07 bits per heavy atom. The number of nitrogens with one attached hydrogen (secondary N) is 1. The number of halogens is 2. The summed E-state index contributed by atoms with van der Waals surface area (Å²) in [7, 11) is 0. The van der Waals surface area contributed by atoms with Gasteiger partial charge in [-0.25, -0.2) is 0 Å². The molecule has 0 bridgehead atoms. The predicted octanol–water partition coefficient (Wildman–Crippen LogP) is 5.02. The van der Waals surface area contributed by atoms with E-state index in [0.29, 0.717) is 12.6 Å². The van der Waals surface area contributed by atoms with Crippen LogP contribution in [0.3, 0.4) is 0 Å². The van der Waals surface area contributed by atoms with Gasteiger partial charge in [0.15, 0.2) is 0 Å². The molecule has 0 aromatic heterocycles. The quantitative estimate of drug-likeness (QED) is 0.650.